The summed E-state index contributed by atoms with van der Waals surface area (Å²) < 4.78 is 6.38. The normalized spacial score (nSPS) is 12.6. The van der Waals surface area contributed by atoms with E-state index in [9.17, 15) is 0 Å². The van der Waals surface area contributed by atoms with Crippen molar-refractivity contribution < 1.29 is 4.42 Å². The number of benzene rings is 1. The molecule has 1 aromatic carbocycles. The topological polar surface area (TPSA) is 51.2 Å². The third-order valence-corrected chi connectivity index (χ3v) is 3.30. The Kier molecular flexibility index (Phi) is 3.99. The Morgan fingerprint density at radius 3 is 2.82 bits per heavy atom. The van der Waals surface area contributed by atoms with Crippen molar-refractivity contribution in [2.75, 3.05) is 0 Å². The van der Waals surface area contributed by atoms with E-state index in [1.54, 1.807) is 6.26 Å². The summed E-state index contributed by atoms with van der Waals surface area (Å²) >= 11 is 3.47. The number of furan rings is 1. The first-order valence-corrected chi connectivity index (χ1v) is 6.24. The van der Waals surface area contributed by atoms with Crippen LogP contribution in [-0.2, 0) is 6.42 Å². The van der Waals surface area contributed by atoms with Crippen LogP contribution in [0.15, 0.2) is 45.5 Å². The Morgan fingerprint density at radius 1 is 1.41 bits per heavy atom. The molecule has 17 heavy (non-hydrogen) atoms. The van der Waals surface area contributed by atoms with Gasteiger partial charge in [-0.3, -0.25) is 11.3 Å². The Labute approximate surface area is 109 Å². The van der Waals surface area contributed by atoms with E-state index in [1.165, 1.54) is 5.56 Å². The molecule has 0 amide bonds. The molecule has 3 nitrogen and oxygen atoms in total. The van der Waals surface area contributed by atoms with Gasteiger partial charge in [-0.15, -0.1) is 0 Å². The number of nitrogens with one attached hydrogen (secondary N) is 1. The van der Waals surface area contributed by atoms with Gasteiger partial charge < -0.3 is 4.42 Å². The van der Waals surface area contributed by atoms with Crippen LogP contribution in [-0.4, -0.2) is 0 Å². The van der Waals surface area contributed by atoms with E-state index >= 15 is 0 Å². The van der Waals surface area contributed by atoms with Crippen LogP contribution < -0.4 is 11.3 Å². The highest BCUT2D eigenvalue weighted by atomic mass is 79.9. The second kappa shape index (κ2) is 5.49. The molecule has 90 valence electrons. The van der Waals surface area contributed by atoms with Crippen molar-refractivity contribution in [1.82, 2.24) is 5.43 Å². The van der Waals surface area contributed by atoms with Crippen molar-refractivity contribution in [3.05, 3.63) is 58.0 Å². The molecule has 0 aliphatic heterocycles. The number of halogens is 1. The molecule has 1 heterocycles. The molecule has 4 heteroatoms. The van der Waals surface area contributed by atoms with Gasteiger partial charge in [-0.2, -0.15) is 0 Å². The number of hydrogen-bond acceptors (Lipinski definition) is 3. The van der Waals surface area contributed by atoms with Gasteiger partial charge in [-0.1, -0.05) is 28.1 Å². The molecule has 0 saturated heterocycles. The van der Waals surface area contributed by atoms with E-state index in [1.807, 2.05) is 25.1 Å². The Hall–Kier alpha value is -1.10. The number of hydrogen-bond donors (Lipinski definition) is 2. The van der Waals surface area contributed by atoms with Gasteiger partial charge in [0.05, 0.1) is 12.3 Å². The molecule has 0 aliphatic rings. The van der Waals surface area contributed by atoms with Crippen molar-refractivity contribution in [3.63, 3.8) is 0 Å². The van der Waals surface area contributed by atoms with Crippen molar-refractivity contribution >= 4 is 15.9 Å². The number of nitrogens with two attached hydrogens (primary N) is 1. The van der Waals surface area contributed by atoms with Gasteiger partial charge in [-0.05, 0) is 37.1 Å². The lowest BCUT2D eigenvalue weighted by Gasteiger charge is -2.15. The SMILES string of the molecule is Cc1occc1C(Cc1cccc(Br)c1)NN. The second-order valence-electron chi connectivity index (χ2n) is 3.99. The summed E-state index contributed by atoms with van der Waals surface area (Å²) in [4.78, 5) is 0. The fourth-order valence-corrected chi connectivity index (χ4v) is 2.36. The van der Waals surface area contributed by atoms with E-state index in [-0.39, 0.29) is 6.04 Å². The predicted octanol–water partition coefficient (Wildman–Crippen LogP) is 3.10. The maximum absolute atomic E-state index is 5.62. The Morgan fingerprint density at radius 2 is 2.24 bits per heavy atom. The summed E-state index contributed by atoms with van der Waals surface area (Å²) in [5.41, 5.74) is 5.17. The monoisotopic (exact) mass is 294 g/mol. The Balaban J connectivity index is 2.19. The number of aryl methyl sites for hydroxylation is 1. The molecule has 0 bridgehead atoms. The minimum absolute atomic E-state index is 0.0723. The van der Waals surface area contributed by atoms with Crippen molar-refractivity contribution in [3.8, 4) is 0 Å². The molecule has 1 atom stereocenters. The third-order valence-electron chi connectivity index (χ3n) is 2.80. The van der Waals surface area contributed by atoms with Crippen LogP contribution in [0.25, 0.3) is 0 Å². The summed E-state index contributed by atoms with van der Waals surface area (Å²) in [5.74, 6) is 6.52. The zero-order valence-corrected chi connectivity index (χ0v) is 11.2. The van der Waals surface area contributed by atoms with Gasteiger partial charge in [-0.25, -0.2) is 0 Å². The average molecular weight is 295 g/mol. The lowest BCUT2D eigenvalue weighted by molar-refractivity contribution is 0.502. The first kappa shape index (κ1) is 12.4. The summed E-state index contributed by atoms with van der Waals surface area (Å²) in [6.07, 6.45) is 2.52. The summed E-state index contributed by atoms with van der Waals surface area (Å²) in [6, 6.07) is 10.2. The predicted molar refractivity (Wildman–Crippen MR) is 71.4 cm³/mol. The van der Waals surface area contributed by atoms with Gasteiger partial charge in [0.25, 0.3) is 0 Å². The first-order valence-electron chi connectivity index (χ1n) is 5.45. The molecule has 0 aliphatic carbocycles. The Bertz CT molecular complexity index is 496. The number of hydrazine groups is 1. The molecular weight excluding hydrogens is 280 g/mol. The van der Waals surface area contributed by atoms with Crippen LogP contribution in [0.4, 0.5) is 0 Å². The molecule has 3 N–H and O–H groups in total. The maximum atomic E-state index is 5.62. The van der Waals surface area contributed by atoms with Crippen LogP contribution in [0.5, 0.6) is 0 Å². The third kappa shape index (κ3) is 2.97. The van der Waals surface area contributed by atoms with E-state index in [0.29, 0.717) is 0 Å². The van der Waals surface area contributed by atoms with Crippen LogP contribution >= 0.6 is 15.9 Å². The minimum atomic E-state index is 0.0723. The van der Waals surface area contributed by atoms with Gasteiger partial charge in [0.1, 0.15) is 5.76 Å². The van der Waals surface area contributed by atoms with E-state index in [0.717, 1.165) is 22.2 Å². The van der Waals surface area contributed by atoms with Crippen LogP contribution in [0.3, 0.4) is 0 Å². The van der Waals surface area contributed by atoms with Crippen molar-refractivity contribution in [2.45, 2.75) is 19.4 Å². The van der Waals surface area contributed by atoms with E-state index < -0.39 is 0 Å². The largest absolute Gasteiger partial charge is 0.469 e. The minimum Gasteiger partial charge on any atom is -0.469 e. The highest BCUT2D eigenvalue weighted by molar-refractivity contribution is 9.10. The lowest BCUT2D eigenvalue weighted by Crippen LogP contribution is -2.29. The fraction of sp³-hybridized carbons (Fsp3) is 0.231. The van der Waals surface area contributed by atoms with Gasteiger partial charge in [0, 0.05) is 10.0 Å². The van der Waals surface area contributed by atoms with Gasteiger partial charge >= 0.3 is 0 Å². The van der Waals surface area contributed by atoms with Gasteiger partial charge in [0.2, 0.25) is 0 Å². The molecule has 1 unspecified atom stereocenters. The second-order valence-corrected chi connectivity index (χ2v) is 4.90. The van der Waals surface area contributed by atoms with Crippen molar-refractivity contribution in [1.29, 1.82) is 0 Å². The van der Waals surface area contributed by atoms with E-state index in [4.69, 9.17) is 10.3 Å². The zero-order valence-electron chi connectivity index (χ0n) is 9.61. The summed E-state index contributed by atoms with van der Waals surface area (Å²) in [7, 11) is 0. The van der Waals surface area contributed by atoms with Crippen molar-refractivity contribution in [2.24, 2.45) is 5.84 Å². The molecular formula is C13H15BrN2O. The standard InChI is InChI=1S/C13H15BrN2O/c1-9-12(5-6-17-9)13(16-15)8-10-3-2-4-11(14)7-10/h2-7,13,16H,8,15H2,1H3. The average Bonchev–Trinajstić information content (AvgIpc) is 2.72. The zero-order chi connectivity index (χ0) is 12.3. The van der Waals surface area contributed by atoms with Crippen LogP contribution in [0, 0.1) is 6.92 Å². The highest BCUT2D eigenvalue weighted by Crippen LogP contribution is 2.23. The molecule has 2 aromatic rings. The lowest BCUT2D eigenvalue weighted by atomic mass is 10.00. The maximum Gasteiger partial charge on any atom is 0.105 e. The molecule has 0 radical (unpaired) electrons. The molecule has 2 rings (SSSR count). The van der Waals surface area contributed by atoms with E-state index in [2.05, 4.69) is 33.5 Å². The number of rotatable bonds is 4. The molecule has 0 saturated carbocycles. The van der Waals surface area contributed by atoms with Crippen LogP contribution in [0.1, 0.15) is 22.9 Å². The highest BCUT2D eigenvalue weighted by Gasteiger charge is 2.14. The molecule has 0 spiro atoms. The molecule has 0 fully saturated rings. The smallest absolute Gasteiger partial charge is 0.105 e. The quantitative estimate of drug-likeness (QED) is 0.673. The first-order chi connectivity index (χ1) is 8.20. The molecule has 1 aromatic heterocycles. The fourth-order valence-electron chi connectivity index (χ4n) is 1.91. The van der Waals surface area contributed by atoms with Crippen LogP contribution in [0.2, 0.25) is 0 Å². The summed E-state index contributed by atoms with van der Waals surface area (Å²) in [6.45, 7) is 1.95. The van der Waals surface area contributed by atoms with Gasteiger partial charge in [0.15, 0.2) is 0 Å². The summed E-state index contributed by atoms with van der Waals surface area (Å²) in [5, 5.41) is 0.